The number of fused-ring (bicyclic) bond motifs is 1. The minimum atomic E-state index is -0.256. The van der Waals surface area contributed by atoms with Crippen molar-refractivity contribution in [3.05, 3.63) is 89.8 Å². The van der Waals surface area contributed by atoms with Crippen LogP contribution < -0.4 is 0 Å². The zero-order valence-electron chi connectivity index (χ0n) is 20.9. The van der Waals surface area contributed by atoms with Gasteiger partial charge in [0.15, 0.2) is 0 Å². The number of nitrogens with zero attached hydrogens (tertiary/aromatic N) is 4. The van der Waals surface area contributed by atoms with E-state index in [4.69, 9.17) is 14.2 Å². The van der Waals surface area contributed by atoms with E-state index in [9.17, 15) is 4.79 Å². The molecule has 0 bridgehead atoms. The van der Waals surface area contributed by atoms with Crippen LogP contribution in [0.2, 0.25) is 0 Å². The van der Waals surface area contributed by atoms with Gasteiger partial charge in [-0.05, 0) is 49.6 Å². The molecule has 0 unspecified atom stereocenters. The first-order valence-corrected chi connectivity index (χ1v) is 12.0. The van der Waals surface area contributed by atoms with Crippen LogP contribution >= 0.6 is 0 Å². The lowest BCUT2D eigenvalue weighted by atomic mass is 10.0. The number of aryl methyl sites for hydroxylation is 2. The molecule has 7 heteroatoms. The Hall–Kier alpha value is -4.26. The number of pyridine rings is 2. The molecule has 0 N–H and O–H groups in total. The lowest BCUT2D eigenvalue weighted by Crippen LogP contribution is -2.10. The SMILES string of the molecule is CC[C@H](c1ccccn1)n1cc(-c2ccc(CC(=O)OC)cc2)c2ncc(-c3c(C)noc3C)cc21. The Labute approximate surface area is 209 Å². The quantitative estimate of drug-likeness (QED) is 0.262. The van der Waals surface area contributed by atoms with Crippen molar-refractivity contribution in [2.75, 3.05) is 7.11 Å². The highest BCUT2D eigenvalue weighted by atomic mass is 16.5. The Morgan fingerprint density at radius 1 is 1.08 bits per heavy atom. The van der Waals surface area contributed by atoms with E-state index in [0.717, 1.165) is 62.4 Å². The highest BCUT2D eigenvalue weighted by molar-refractivity contribution is 5.95. The van der Waals surface area contributed by atoms with Crippen molar-refractivity contribution in [3.63, 3.8) is 0 Å². The second-order valence-corrected chi connectivity index (χ2v) is 8.87. The summed E-state index contributed by atoms with van der Waals surface area (Å²) in [5.74, 6) is 0.513. The van der Waals surface area contributed by atoms with Gasteiger partial charge in [0.1, 0.15) is 5.76 Å². The van der Waals surface area contributed by atoms with Crippen LogP contribution in [-0.2, 0) is 16.0 Å². The molecule has 1 atom stereocenters. The van der Waals surface area contributed by atoms with E-state index in [1.165, 1.54) is 7.11 Å². The molecule has 7 nitrogen and oxygen atoms in total. The van der Waals surface area contributed by atoms with Crippen LogP contribution in [0, 0.1) is 13.8 Å². The maximum Gasteiger partial charge on any atom is 0.309 e. The molecule has 0 aliphatic heterocycles. The van der Waals surface area contributed by atoms with E-state index in [0.29, 0.717) is 0 Å². The normalized spacial score (nSPS) is 12.1. The predicted molar refractivity (Wildman–Crippen MR) is 139 cm³/mol. The number of carbonyl (C=O) groups is 1. The van der Waals surface area contributed by atoms with Crippen molar-refractivity contribution in [3.8, 4) is 22.3 Å². The summed E-state index contributed by atoms with van der Waals surface area (Å²) in [5, 5.41) is 4.13. The standard InChI is InChI=1S/C29H28N4O3/c1-5-25(24-8-6-7-13-30-24)33-17-23(21-11-9-20(10-12-21)14-27(34)35-4)29-26(33)15-22(16-31-29)28-18(2)32-36-19(28)3/h6-13,15-17,25H,5,14H2,1-4H3/t25-/m1/s1. The summed E-state index contributed by atoms with van der Waals surface area (Å²) in [6, 6.07) is 16.2. The summed E-state index contributed by atoms with van der Waals surface area (Å²) in [5.41, 5.74) is 8.65. The van der Waals surface area contributed by atoms with Gasteiger partial charge in [0, 0.05) is 35.3 Å². The van der Waals surface area contributed by atoms with Crippen LogP contribution in [0.15, 0.2) is 71.6 Å². The number of aromatic nitrogens is 4. The third-order valence-electron chi connectivity index (χ3n) is 6.58. The van der Waals surface area contributed by atoms with Gasteiger partial charge in [-0.1, -0.05) is 42.4 Å². The maximum absolute atomic E-state index is 11.7. The van der Waals surface area contributed by atoms with Gasteiger partial charge in [0.05, 0.1) is 42.0 Å². The second-order valence-electron chi connectivity index (χ2n) is 8.87. The number of carbonyl (C=O) groups excluding carboxylic acids is 1. The molecular weight excluding hydrogens is 452 g/mol. The molecule has 0 saturated heterocycles. The van der Waals surface area contributed by atoms with Crippen molar-refractivity contribution in [2.24, 2.45) is 0 Å². The Morgan fingerprint density at radius 2 is 1.89 bits per heavy atom. The average molecular weight is 481 g/mol. The van der Waals surface area contributed by atoms with Gasteiger partial charge in [-0.2, -0.15) is 0 Å². The summed E-state index contributed by atoms with van der Waals surface area (Å²) in [4.78, 5) is 21.3. The number of methoxy groups -OCH3 is 1. The Kier molecular flexibility index (Phi) is 6.38. The molecule has 0 spiro atoms. The molecule has 4 heterocycles. The Morgan fingerprint density at radius 3 is 2.53 bits per heavy atom. The molecule has 0 aliphatic rings. The van der Waals surface area contributed by atoms with Crippen molar-refractivity contribution >= 4 is 17.0 Å². The predicted octanol–water partition coefficient (Wildman–Crippen LogP) is 6.09. The van der Waals surface area contributed by atoms with Crippen molar-refractivity contribution in [1.29, 1.82) is 0 Å². The van der Waals surface area contributed by atoms with Gasteiger partial charge in [-0.15, -0.1) is 0 Å². The summed E-state index contributed by atoms with van der Waals surface area (Å²) in [6.45, 7) is 6.03. The molecule has 182 valence electrons. The van der Waals surface area contributed by atoms with Gasteiger partial charge in [0.25, 0.3) is 0 Å². The third kappa shape index (κ3) is 4.28. The fourth-order valence-electron chi connectivity index (χ4n) is 4.79. The van der Waals surface area contributed by atoms with Crippen LogP contribution in [0.4, 0.5) is 0 Å². The first-order valence-electron chi connectivity index (χ1n) is 12.0. The minimum absolute atomic E-state index is 0.0442. The lowest BCUT2D eigenvalue weighted by molar-refractivity contribution is -0.139. The van der Waals surface area contributed by atoms with Crippen LogP contribution in [0.25, 0.3) is 33.3 Å². The number of ether oxygens (including phenoxy) is 1. The summed E-state index contributed by atoms with van der Waals surface area (Å²) < 4.78 is 12.5. The summed E-state index contributed by atoms with van der Waals surface area (Å²) in [6.07, 6.45) is 6.99. The first kappa shape index (κ1) is 23.5. The molecular formula is C29H28N4O3. The lowest BCUT2D eigenvalue weighted by Gasteiger charge is -2.18. The van der Waals surface area contributed by atoms with Gasteiger partial charge in [-0.25, -0.2) is 0 Å². The molecule has 5 aromatic rings. The van der Waals surface area contributed by atoms with Gasteiger partial charge >= 0.3 is 5.97 Å². The molecule has 4 aromatic heterocycles. The number of esters is 1. The summed E-state index contributed by atoms with van der Waals surface area (Å²) in [7, 11) is 1.40. The molecule has 0 saturated carbocycles. The van der Waals surface area contributed by atoms with Crippen molar-refractivity contribution in [1.82, 2.24) is 19.7 Å². The molecule has 1 aromatic carbocycles. The van der Waals surface area contributed by atoms with Crippen molar-refractivity contribution in [2.45, 2.75) is 39.7 Å². The molecule has 36 heavy (non-hydrogen) atoms. The zero-order valence-corrected chi connectivity index (χ0v) is 20.9. The number of benzene rings is 1. The minimum Gasteiger partial charge on any atom is -0.469 e. The largest absolute Gasteiger partial charge is 0.469 e. The van der Waals surface area contributed by atoms with Gasteiger partial charge in [-0.3, -0.25) is 14.8 Å². The van der Waals surface area contributed by atoms with Gasteiger partial charge < -0.3 is 13.8 Å². The van der Waals surface area contributed by atoms with Crippen LogP contribution in [-0.4, -0.2) is 32.8 Å². The maximum atomic E-state index is 11.7. The smallest absolute Gasteiger partial charge is 0.309 e. The average Bonchev–Trinajstić information content (AvgIpc) is 3.44. The van der Waals surface area contributed by atoms with Crippen LogP contribution in [0.1, 0.15) is 42.1 Å². The Balaban J connectivity index is 1.68. The molecule has 0 fully saturated rings. The van der Waals surface area contributed by atoms with Gasteiger partial charge in [0.2, 0.25) is 0 Å². The van der Waals surface area contributed by atoms with Crippen LogP contribution in [0.5, 0.6) is 0 Å². The highest BCUT2D eigenvalue weighted by Crippen LogP contribution is 2.37. The highest BCUT2D eigenvalue weighted by Gasteiger charge is 2.21. The molecule has 0 radical (unpaired) electrons. The van der Waals surface area contributed by atoms with Crippen molar-refractivity contribution < 1.29 is 14.1 Å². The zero-order chi connectivity index (χ0) is 25.2. The topological polar surface area (TPSA) is 83.0 Å². The molecule has 5 rings (SSSR count). The van der Waals surface area contributed by atoms with E-state index < -0.39 is 0 Å². The monoisotopic (exact) mass is 480 g/mol. The molecule has 0 aliphatic carbocycles. The summed E-state index contributed by atoms with van der Waals surface area (Å²) >= 11 is 0. The van der Waals surface area contributed by atoms with E-state index >= 15 is 0 Å². The number of hydrogen-bond acceptors (Lipinski definition) is 6. The first-order chi connectivity index (χ1) is 17.5. The third-order valence-corrected chi connectivity index (χ3v) is 6.58. The van der Waals surface area contributed by atoms with E-state index in [-0.39, 0.29) is 18.4 Å². The Bertz CT molecular complexity index is 1500. The van der Waals surface area contributed by atoms with E-state index in [2.05, 4.69) is 40.0 Å². The number of rotatable bonds is 7. The van der Waals surface area contributed by atoms with E-state index in [1.54, 1.807) is 0 Å². The molecule has 0 amide bonds. The van der Waals surface area contributed by atoms with Crippen LogP contribution in [0.3, 0.4) is 0 Å². The second kappa shape index (κ2) is 9.77. The number of hydrogen-bond donors (Lipinski definition) is 0. The fraction of sp³-hybridized carbons (Fsp3) is 0.241. The van der Waals surface area contributed by atoms with E-state index in [1.807, 2.05) is 62.6 Å². The fourth-order valence-corrected chi connectivity index (χ4v) is 4.79.